The molecule has 0 radical (unpaired) electrons. The minimum Gasteiger partial charge on any atom is -0.489 e. The van der Waals surface area contributed by atoms with E-state index in [9.17, 15) is 9.90 Å². The number of aliphatic hydroxyl groups excluding tert-OH is 1. The van der Waals surface area contributed by atoms with E-state index in [0.717, 1.165) is 28.9 Å². The van der Waals surface area contributed by atoms with Crippen molar-refractivity contribution in [2.24, 2.45) is 0 Å². The molecule has 2 N–H and O–H groups in total. The highest BCUT2D eigenvalue weighted by Crippen LogP contribution is 2.33. The first kappa shape index (κ1) is 24.6. The third-order valence-corrected chi connectivity index (χ3v) is 5.82. The van der Waals surface area contributed by atoms with Gasteiger partial charge in [-0.3, -0.25) is 0 Å². The highest BCUT2D eigenvalue weighted by atomic mass is 16.6. The Labute approximate surface area is 205 Å². The van der Waals surface area contributed by atoms with Crippen LogP contribution in [0.25, 0.3) is 0 Å². The van der Waals surface area contributed by atoms with Crippen molar-refractivity contribution in [1.29, 1.82) is 0 Å². The maximum absolute atomic E-state index is 11.7. The van der Waals surface area contributed by atoms with Crippen LogP contribution in [-0.2, 0) is 22.6 Å². The molecule has 1 heterocycles. The third-order valence-electron chi connectivity index (χ3n) is 5.82. The van der Waals surface area contributed by atoms with Crippen molar-refractivity contribution in [1.82, 2.24) is 5.32 Å². The Morgan fingerprint density at radius 2 is 1.89 bits per heavy atom. The molecule has 35 heavy (non-hydrogen) atoms. The number of carbonyl (C=O) groups excluding carboxylic acids is 1. The van der Waals surface area contributed by atoms with Gasteiger partial charge in [0.15, 0.2) is 11.5 Å². The van der Waals surface area contributed by atoms with Crippen molar-refractivity contribution in [3.8, 4) is 17.2 Å². The van der Waals surface area contributed by atoms with Gasteiger partial charge in [0, 0.05) is 12.6 Å². The van der Waals surface area contributed by atoms with E-state index >= 15 is 0 Å². The van der Waals surface area contributed by atoms with E-state index in [1.165, 1.54) is 7.11 Å². The first-order chi connectivity index (χ1) is 17.0. The molecule has 3 atom stereocenters. The molecule has 0 fully saturated rings. The van der Waals surface area contributed by atoms with Crippen LogP contribution in [0.3, 0.4) is 0 Å². The van der Waals surface area contributed by atoms with E-state index in [2.05, 4.69) is 12.2 Å². The largest absolute Gasteiger partial charge is 0.489 e. The zero-order valence-corrected chi connectivity index (χ0v) is 20.0. The fraction of sp³-hybridized carbons (Fsp3) is 0.321. The monoisotopic (exact) mass is 477 g/mol. The van der Waals surface area contributed by atoms with E-state index in [1.807, 2.05) is 72.8 Å². The molecule has 0 bridgehead atoms. The maximum Gasteiger partial charge on any atom is 0.350 e. The Morgan fingerprint density at radius 1 is 1.06 bits per heavy atom. The predicted octanol–water partition coefficient (Wildman–Crippen LogP) is 3.83. The summed E-state index contributed by atoms with van der Waals surface area (Å²) in [4.78, 5) is 11.7. The topological polar surface area (TPSA) is 86.3 Å². The summed E-state index contributed by atoms with van der Waals surface area (Å²) in [6.07, 6.45) is -0.666. The van der Waals surface area contributed by atoms with Crippen LogP contribution >= 0.6 is 0 Å². The molecular formula is C28H31NO6. The van der Waals surface area contributed by atoms with Gasteiger partial charge in [-0.05, 0) is 54.3 Å². The third kappa shape index (κ3) is 6.74. The van der Waals surface area contributed by atoms with Crippen molar-refractivity contribution in [2.45, 2.75) is 38.2 Å². The maximum atomic E-state index is 11.7. The summed E-state index contributed by atoms with van der Waals surface area (Å²) >= 11 is 0. The Morgan fingerprint density at radius 3 is 2.69 bits per heavy atom. The summed E-state index contributed by atoms with van der Waals surface area (Å²) < 4.78 is 22.0. The molecule has 3 aromatic rings. The van der Waals surface area contributed by atoms with Gasteiger partial charge in [0.1, 0.15) is 19.0 Å². The van der Waals surface area contributed by atoms with E-state index in [1.54, 1.807) is 0 Å². The summed E-state index contributed by atoms with van der Waals surface area (Å²) in [6.45, 7) is 3.08. The molecule has 1 aliphatic rings. The number of ether oxygens (including phenoxy) is 4. The molecular weight excluding hydrogens is 446 g/mol. The van der Waals surface area contributed by atoms with Crippen molar-refractivity contribution < 1.29 is 28.8 Å². The van der Waals surface area contributed by atoms with E-state index in [-0.39, 0.29) is 12.6 Å². The Bertz CT molecular complexity index is 1120. The van der Waals surface area contributed by atoms with Crippen LogP contribution in [0.1, 0.15) is 29.7 Å². The Kier molecular flexibility index (Phi) is 8.23. The van der Waals surface area contributed by atoms with Gasteiger partial charge in [0.05, 0.1) is 13.2 Å². The molecule has 0 amide bonds. The average Bonchev–Trinajstić information content (AvgIpc) is 2.90. The second-order valence-corrected chi connectivity index (χ2v) is 8.60. The van der Waals surface area contributed by atoms with Gasteiger partial charge in [0.2, 0.25) is 6.10 Å². The summed E-state index contributed by atoms with van der Waals surface area (Å²) in [7, 11) is 1.33. The number of hydrogen-bond donors (Lipinski definition) is 2. The smallest absolute Gasteiger partial charge is 0.350 e. The second kappa shape index (κ2) is 11.7. The first-order valence-electron chi connectivity index (χ1n) is 11.7. The first-order valence-corrected chi connectivity index (χ1v) is 11.7. The predicted molar refractivity (Wildman–Crippen MR) is 132 cm³/mol. The molecule has 1 aliphatic heterocycles. The average molecular weight is 478 g/mol. The lowest BCUT2D eigenvalue weighted by Crippen LogP contribution is -2.37. The standard InChI is InChI=1S/C28H31NO6/c1-19(13-21-11-12-25-26(14-21)34-18-27(35-25)28(31)32-2)29-16-24(30)22-9-6-10-23(15-22)33-17-20-7-4-3-5-8-20/h3-12,14-15,19,24,27,29-30H,13,16-18H2,1-2H3. The minimum absolute atomic E-state index is 0.118. The number of aliphatic hydroxyl groups is 1. The number of nitrogens with one attached hydrogen (secondary N) is 1. The number of esters is 1. The van der Waals surface area contributed by atoms with Crippen LogP contribution < -0.4 is 19.5 Å². The number of carbonyl (C=O) groups is 1. The summed E-state index contributed by atoms with van der Waals surface area (Å²) in [6, 6.07) is 23.3. The molecule has 3 unspecified atom stereocenters. The molecule has 4 rings (SSSR count). The van der Waals surface area contributed by atoms with Crippen molar-refractivity contribution >= 4 is 5.97 Å². The van der Waals surface area contributed by atoms with Gasteiger partial charge >= 0.3 is 5.97 Å². The molecule has 0 spiro atoms. The Balaban J connectivity index is 1.26. The summed E-state index contributed by atoms with van der Waals surface area (Å²) in [5.41, 5.74) is 2.96. The van der Waals surface area contributed by atoms with Gasteiger partial charge in [-0.25, -0.2) is 4.79 Å². The van der Waals surface area contributed by atoms with Crippen LogP contribution in [0.2, 0.25) is 0 Å². The van der Waals surface area contributed by atoms with Gasteiger partial charge in [0.25, 0.3) is 0 Å². The minimum atomic E-state index is -0.748. The highest BCUT2D eigenvalue weighted by molar-refractivity contribution is 5.75. The summed E-state index contributed by atoms with van der Waals surface area (Å²) in [5, 5.41) is 14.1. The molecule has 7 heteroatoms. The lowest BCUT2D eigenvalue weighted by atomic mass is 10.0. The van der Waals surface area contributed by atoms with E-state index < -0.39 is 18.2 Å². The van der Waals surface area contributed by atoms with Crippen molar-refractivity contribution in [2.75, 3.05) is 20.3 Å². The quantitative estimate of drug-likeness (QED) is 0.429. The zero-order valence-electron chi connectivity index (χ0n) is 20.0. The number of fused-ring (bicyclic) bond motifs is 1. The van der Waals surface area contributed by atoms with Gasteiger partial charge in [-0.2, -0.15) is 0 Å². The van der Waals surface area contributed by atoms with Crippen LogP contribution in [-0.4, -0.2) is 43.5 Å². The van der Waals surface area contributed by atoms with Gasteiger partial charge in [-0.1, -0.05) is 48.5 Å². The normalized spacial score (nSPS) is 16.3. The van der Waals surface area contributed by atoms with Crippen LogP contribution in [0.15, 0.2) is 72.8 Å². The lowest BCUT2D eigenvalue weighted by molar-refractivity contribution is -0.151. The SMILES string of the molecule is COC(=O)C1COc2cc(CC(C)NCC(O)c3cccc(OCc4ccccc4)c3)ccc2O1. The molecule has 7 nitrogen and oxygen atoms in total. The summed E-state index contributed by atoms with van der Waals surface area (Å²) in [5.74, 6) is 1.41. The molecule has 0 aromatic heterocycles. The molecule has 0 saturated carbocycles. The van der Waals surface area contributed by atoms with E-state index in [0.29, 0.717) is 24.7 Å². The fourth-order valence-corrected chi connectivity index (χ4v) is 3.90. The number of methoxy groups -OCH3 is 1. The van der Waals surface area contributed by atoms with Gasteiger partial charge in [-0.15, -0.1) is 0 Å². The Hall–Kier alpha value is -3.55. The zero-order chi connectivity index (χ0) is 24.6. The van der Waals surface area contributed by atoms with E-state index in [4.69, 9.17) is 18.9 Å². The highest BCUT2D eigenvalue weighted by Gasteiger charge is 2.28. The number of benzene rings is 3. The van der Waals surface area contributed by atoms with Crippen molar-refractivity contribution in [3.63, 3.8) is 0 Å². The molecule has 184 valence electrons. The fourth-order valence-electron chi connectivity index (χ4n) is 3.90. The number of hydrogen-bond acceptors (Lipinski definition) is 7. The second-order valence-electron chi connectivity index (χ2n) is 8.60. The molecule has 0 aliphatic carbocycles. The van der Waals surface area contributed by atoms with Crippen molar-refractivity contribution in [3.05, 3.63) is 89.5 Å². The van der Waals surface area contributed by atoms with Crippen LogP contribution in [0.5, 0.6) is 17.2 Å². The number of rotatable bonds is 10. The molecule has 3 aromatic carbocycles. The van der Waals surface area contributed by atoms with Crippen LogP contribution in [0, 0.1) is 0 Å². The lowest BCUT2D eigenvalue weighted by Gasteiger charge is -2.25. The molecule has 0 saturated heterocycles. The van der Waals surface area contributed by atoms with Crippen LogP contribution in [0.4, 0.5) is 0 Å². The van der Waals surface area contributed by atoms with Gasteiger partial charge < -0.3 is 29.4 Å².